The van der Waals surface area contributed by atoms with Crippen LogP contribution < -0.4 is 15.4 Å². The number of amides is 3. The van der Waals surface area contributed by atoms with Crippen molar-refractivity contribution in [2.75, 3.05) is 13.2 Å². The molecule has 0 saturated heterocycles. The summed E-state index contributed by atoms with van der Waals surface area (Å²) < 4.78 is 22.9. The lowest BCUT2D eigenvalue weighted by Gasteiger charge is -2.56. The summed E-state index contributed by atoms with van der Waals surface area (Å²) in [5.41, 5.74) is -0.200. The Labute approximate surface area is 168 Å². The molecule has 0 spiro atoms. The molecule has 4 bridgehead atoms. The molecule has 7 nitrogen and oxygen atoms in total. The average Bonchev–Trinajstić information content (AvgIpc) is 2.63. The molecule has 0 aliphatic heterocycles. The van der Waals surface area contributed by atoms with Crippen LogP contribution in [0.25, 0.3) is 0 Å². The van der Waals surface area contributed by atoms with E-state index in [1.165, 1.54) is 37.5 Å². The Morgan fingerprint density at radius 1 is 1.03 bits per heavy atom. The van der Waals surface area contributed by atoms with Gasteiger partial charge in [-0.25, -0.2) is 14.0 Å². The quantitative estimate of drug-likeness (QED) is 0.711. The highest BCUT2D eigenvalue weighted by Gasteiger charge is 2.51. The first-order valence-corrected chi connectivity index (χ1v) is 10.1. The maximum Gasteiger partial charge on any atom is 0.344 e. The van der Waals surface area contributed by atoms with Gasteiger partial charge in [0.1, 0.15) is 11.6 Å². The molecule has 0 radical (unpaired) electrons. The molecule has 0 atom stereocenters. The van der Waals surface area contributed by atoms with Crippen molar-refractivity contribution in [3.63, 3.8) is 0 Å². The second-order valence-electron chi connectivity index (χ2n) is 8.61. The fraction of sp³-hybridized carbons (Fsp3) is 0.571. The molecule has 4 aliphatic carbocycles. The Morgan fingerprint density at radius 3 is 2.31 bits per heavy atom. The van der Waals surface area contributed by atoms with E-state index in [1.807, 2.05) is 0 Å². The number of ether oxygens (including phenoxy) is 2. The number of benzene rings is 1. The van der Waals surface area contributed by atoms with Crippen molar-refractivity contribution in [3.8, 4) is 5.75 Å². The summed E-state index contributed by atoms with van der Waals surface area (Å²) in [5, 5.41) is 5.26. The van der Waals surface area contributed by atoms with E-state index in [0.29, 0.717) is 17.8 Å². The lowest BCUT2D eigenvalue weighted by molar-refractivity contribution is -0.150. The monoisotopic (exact) mass is 404 g/mol. The third kappa shape index (κ3) is 4.86. The van der Waals surface area contributed by atoms with Crippen LogP contribution in [0.2, 0.25) is 0 Å². The molecule has 29 heavy (non-hydrogen) atoms. The summed E-state index contributed by atoms with van der Waals surface area (Å²) in [6.45, 7) is -1.05. The Kier molecular flexibility index (Phi) is 5.43. The number of urea groups is 1. The Hall–Kier alpha value is -2.64. The zero-order valence-electron chi connectivity index (χ0n) is 16.1. The predicted octanol–water partition coefficient (Wildman–Crippen LogP) is 2.54. The van der Waals surface area contributed by atoms with E-state index >= 15 is 0 Å². The molecule has 4 fully saturated rings. The number of hydrogen-bond acceptors (Lipinski definition) is 5. The Morgan fingerprint density at radius 2 is 1.69 bits per heavy atom. The van der Waals surface area contributed by atoms with Crippen LogP contribution in [0.3, 0.4) is 0 Å². The normalized spacial score (nSPS) is 29.2. The third-order valence-electron chi connectivity index (χ3n) is 6.19. The Bertz CT molecular complexity index is 777. The molecule has 156 valence electrons. The molecule has 1 aromatic rings. The number of imide groups is 1. The first kappa shape index (κ1) is 19.7. The SMILES string of the molecule is O=C(COC(=O)COc1cccc(F)c1)NC(=O)NC12CC3CC(CC(C3)C1)C2. The topological polar surface area (TPSA) is 93.7 Å². The molecule has 0 unspecified atom stereocenters. The smallest absolute Gasteiger partial charge is 0.344 e. The van der Waals surface area contributed by atoms with Gasteiger partial charge < -0.3 is 14.8 Å². The van der Waals surface area contributed by atoms with Crippen LogP contribution in [0.5, 0.6) is 5.75 Å². The molecule has 0 aromatic heterocycles. The first-order valence-electron chi connectivity index (χ1n) is 10.1. The summed E-state index contributed by atoms with van der Waals surface area (Å²) in [7, 11) is 0. The van der Waals surface area contributed by atoms with Gasteiger partial charge in [0.15, 0.2) is 13.2 Å². The van der Waals surface area contributed by atoms with E-state index in [0.717, 1.165) is 25.3 Å². The van der Waals surface area contributed by atoms with Crippen molar-refractivity contribution >= 4 is 17.9 Å². The van der Waals surface area contributed by atoms with Gasteiger partial charge in [-0.2, -0.15) is 0 Å². The summed E-state index contributed by atoms with van der Waals surface area (Å²) >= 11 is 0. The first-order chi connectivity index (χ1) is 13.9. The van der Waals surface area contributed by atoms with Gasteiger partial charge >= 0.3 is 12.0 Å². The zero-order valence-corrected chi connectivity index (χ0v) is 16.1. The van der Waals surface area contributed by atoms with Crippen LogP contribution in [-0.2, 0) is 14.3 Å². The van der Waals surface area contributed by atoms with Crippen LogP contribution in [0.15, 0.2) is 24.3 Å². The molecule has 8 heteroatoms. The van der Waals surface area contributed by atoms with Crippen LogP contribution in [0, 0.1) is 23.6 Å². The molecular formula is C21H25FN2O5. The lowest BCUT2D eigenvalue weighted by Crippen LogP contribution is -2.62. The van der Waals surface area contributed by atoms with E-state index in [1.54, 1.807) is 0 Å². The molecule has 0 heterocycles. The van der Waals surface area contributed by atoms with Gasteiger partial charge in [0, 0.05) is 11.6 Å². The number of nitrogens with one attached hydrogen (secondary N) is 2. The fourth-order valence-corrected chi connectivity index (χ4v) is 5.59. The van der Waals surface area contributed by atoms with Gasteiger partial charge in [0.05, 0.1) is 0 Å². The minimum Gasteiger partial charge on any atom is -0.482 e. The molecule has 2 N–H and O–H groups in total. The lowest BCUT2D eigenvalue weighted by atomic mass is 9.53. The number of carbonyl (C=O) groups excluding carboxylic acids is 3. The van der Waals surface area contributed by atoms with E-state index in [2.05, 4.69) is 10.6 Å². The number of rotatable bonds is 6. The van der Waals surface area contributed by atoms with Crippen molar-refractivity contribution < 1.29 is 28.2 Å². The van der Waals surface area contributed by atoms with Crippen LogP contribution in [-0.4, -0.2) is 36.7 Å². The zero-order chi connectivity index (χ0) is 20.4. The van der Waals surface area contributed by atoms with E-state index in [-0.39, 0.29) is 11.3 Å². The summed E-state index contributed by atoms with van der Waals surface area (Å²) in [4.78, 5) is 35.9. The van der Waals surface area contributed by atoms with Crippen LogP contribution >= 0.6 is 0 Å². The second kappa shape index (κ2) is 8.00. The second-order valence-corrected chi connectivity index (χ2v) is 8.61. The Balaban J connectivity index is 1.18. The highest BCUT2D eigenvalue weighted by molar-refractivity contribution is 5.95. The molecule has 4 saturated carbocycles. The average molecular weight is 404 g/mol. The largest absolute Gasteiger partial charge is 0.482 e. The summed E-state index contributed by atoms with van der Waals surface area (Å²) in [5.74, 6) is 0.239. The van der Waals surface area contributed by atoms with Crippen molar-refractivity contribution in [2.24, 2.45) is 17.8 Å². The number of hydrogen-bond donors (Lipinski definition) is 2. The minimum absolute atomic E-state index is 0.182. The third-order valence-corrected chi connectivity index (χ3v) is 6.19. The fourth-order valence-electron chi connectivity index (χ4n) is 5.59. The standard InChI is InChI=1S/C21H25FN2O5/c22-16-2-1-3-17(7-16)28-12-19(26)29-11-18(25)23-20(27)24-21-8-13-4-14(9-21)6-15(5-13)10-21/h1-3,7,13-15H,4-6,8-12H2,(H2,23,24,25,27). The number of esters is 1. The van der Waals surface area contributed by atoms with E-state index < -0.39 is 36.9 Å². The van der Waals surface area contributed by atoms with Gasteiger partial charge in [0.25, 0.3) is 5.91 Å². The van der Waals surface area contributed by atoms with Gasteiger partial charge in [-0.1, -0.05) is 6.07 Å². The molecule has 3 amide bonds. The van der Waals surface area contributed by atoms with Crippen LogP contribution in [0.1, 0.15) is 38.5 Å². The van der Waals surface area contributed by atoms with Crippen molar-refractivity contribution in [1.29, 1.82) is 0 Å². The van der Waals surface area contributed by atoms with Gasteiger partial charge in [0.2, 0.25) is 0 Å². The van der Waals surface area contributed by atoms with Crippen molar-refractivity contribution in [1.82, 2.24) is 10.6 Å². The number of halogens is 1. The minimum atomic E-state index is -0.786. The molecule has 5 rings (SSSR count). The van der Waals surface area contributed by atoms with E-state index in [9.17, 15) is 18.8 Å². The molecule has 4 aliphatic rings. The van der Waals surface area contributed by atoms with Crippen molar-refractivity contribution in [3.05, 3.63) is 30.1 Å². The molecule has 1 aromatic carbocycles. The van der Waals surface area contributed by atoms with Crippen molar-refractivity contribution in [2.45, 2.75) is 44.1 Å². The predicted molar refractivity (Wildman–Crippen MR) is 100 cm³/mol. The maximum atomic E-state index is 13.0. The van der Waals surface area contributed by atoms with Crippen LogP contribution in [0.4, 0.5) is 9.18 Å². The summed E-state index contributed by atoms with van der Waals surface area (Å²) in [6, 6.07) is 4.80. The van der Waals surface area contributed by atoms with Gasteiger partial charge in [-0.3, -0.25) is 10.1 Å². The highest BCUT2D eigenvalue weighted by atomic mass is 19.1. The number of carbonyl (C=O) groups is 3. The van der Waals surface area contributed by atoms with Gasteiger partial charge in [-0.15, -0.1) is 0 Å². The maximum absolute atomic E-state index is 13.0. The van der Waals surface area contributed by atoms with E-state index in [4.69, 9.17) is 9.47 Å². The molecular weight excluding hydrogens is 379 g/mol. The van der Waals surface area contributed by atoms with Gasteiger partial charge in [-0.05, 0) is 68.4 Å². The summed E-state index contributed by atoms with van der Waals surface area (Å²) in [6.07, 6.45) is 6.71. The highest BCUT2D eigenvalue weighted by Crippen LogP contribution is 2.55.